The van der Waals surface area contributed by atoms with Crippen LogP contribution in [0.15, 0.2) is 101 Å². The number of H-pyrrole nitrogens is 1. The molecule has 0 aliphatic heterocycles. The minimum absolute atomic E-state index is 0.294. The first-order valence-electron chi connectivity index (χ1n) is 9.45. The number of fused-ring (bicyclic) bond motifs is 1. The lowest BCUT2D eigenvalue weighted by Crippen LogP contribution is -2.11. The summed E-state index contributed by atoms with van der Waals surface area (Å²) >= 11 is 1.42. The third-order valence-corrected chi connectivity index (χ3v) is 5.57. The second-order valence-electron chi connectivity index (χ2n) is 6.68. The summed E-state index contributed by atoms with van der Waals surface area (Å²) < 4.78 is 16.2. The van der Waals surface area contributed by atoms with Crippen LogP contribution >= 0.6 is 11.3 Å². The molecule has 0 bridgehead atoms. The molecule has 6 heteroatoms. The monoisotopic (exact) mass is 412 g/mol. The van der Waals surface area contributed by atoms with Crippen LogP contribution in [0.1, 0.15) is 5.56 Å². The average molecular weight is 412 g/mol. The minimum atomic E-state index is -0.294. The summed E-state index contributed by atoms with van der Waals surface area (Å²) in [7, 11) is 0. The van der Waals surface area contributed by atoms with Gasteiger partial charge in [0.2, 0.25) is 4.80 Å². The topological polar surface area (TPSA) is 45.4 Å². The molecule has 0 amide bonds. The molecule has 5 rings (SSSR count). The summed E-state index contributed by atoms with van der Waals surface area (Å²) in [4.78, 5) is 8.63. The Bertz CT molecular complexity index is 1410. The molecule has 0 saturated carbocycles. The van der Waals surface area contributed by atoms with E-state index in [1.807, 2.05) is 72.2 Å². The van der Waals surface area contributed by atoms with Crippen molar-refractivity contribution in [3.05, 3.63) is 107 Å². The molecule has 0 aliphatic rings. The van der Waals surface area contributed by atoms with Gasteiger partial charge in [-0.3, -0.25) is 0 Å². The van der Waals surface area contributed by atoms with Crippen molar-refractivity contribution in [2.75, 3.05) is 0 Å². The minimum Gasteiger partial charge on any atom is -0.361 e. The number of hydrogen-bond donors (Lipinski definition) is 1. The highest BCUT2D eigenvalue weighted by Crippen LogP contribution is 2.24. The Labute approximate surface area is 176 Å². The van der Waals surface area contributed by atoms with Gasteiger partial charge in [-0.2, -0.15) is 5.10 Å². The normalized spacial score (nSPS) is 12.2. The average Bonchev–Trinajstić information content (AvgIpc) is 3.37. The van der Waals surface area contributed by atoms with E-state index >= 15 is 0 Å². The molecule has 0 atom stereocenters. The van der Waals surface area contributed by atoms with Crippen LogP contribution in [-0.4, -0.2) is 15.9 Å². The zero-order valence-corrected chi connectivity index (χ0v) is 16.7. The highest BCUT2D eigenvalue weighted by atomic mass is 32.1. The fraction of sp³-hybridized carbons (Fsp3) is 0. The van der Waals surface area contributed by atoms with E-state index in [0.29, 0.717) is 16.1 Å². The van der Waals surface area contributed by atoms with Gasteiger partial charge >= 0.3 is 0 Å². The number of thiazole rings is 1. The van der Waals surface area contributed by atoms with E-state index < -0.39 is 0 Å². The largest absolute Gasteiger partial charge is 0.361 e. The van der Waals surface area contributed by atoms with Gasteiger partial charge in [0, 0.05) is 33.6 Å². The van der Waals surface area contributed by atoms with Gasteiger partial charge in [0.25, 0.3) is 0 Å². The molecule has 146 valence electrons. The summed E-state index contributed by atoms with van der Waals surface area (Å²) in [6.45, 7) is 0. The van der Waals surface area contributed by atoms with Gasteiger partial charge in [-0.05, 0) is 30.3 Å². The highest BCUT2D eigenvalue weighted by Gasteiger charge is 2.12. The first kappa shape index (κ1) is 18.3. The third-order valence-electron chi connectivity index (χ3n) is 4.75. The van der Waals surface area contributed by atoms with Crippen molar-refractivity contribution < 1.29 is 4.39 Å². The summed E-state index contributed by atoms with van der Waals surface area (Å²) in [5.41, 5.74) is 3.95. The lowest BCUT2D eigenvalue weighted by atomic mass is 10.1. The van der Waals surface area contributed by atoms with Crippen molar-refractivity contribution in [3.8, 4) is 11.3 Å². The van der Waals surface area contributed by atoms with Crippen LogP contribution in [0, 0.1) is 5.82 Å². The molecular weight excluding hydrogens is 395 g/mol. The summed E-state index contributed by atoms with van der Waals surface area (Å²) in [6, 6.07) is 24.4. The van der Waals surface area contributed by atoms with Crippen LogP contribution in [0.4, 0.5) is 10.1 Å². The van der Waals surface area contributed by atoms with Gasteiger partial charge < -0.3 is 4.98 Å². The van der Waals surface area contributed by atoms with Crippen molar-refractivity contribution in [2.24, 2.45) is 10.1 Å². The Morgan fingerprint density at radius 3 is 2.53 bits per heavy atom. The Morgan fingerprint density at radius 1 is 0.900 bits per heavy atom. The van der Waals surface area contributed by atoms with Gasteiger partial charge in [0.1, 0.15) is 5.82 Å². The maximum Gasteiger partial charge on any atom is 0.211 e. The van der Waals surface area contributed by atoms with Crippen molar-refractivity contribution in [1.29, 1.82) is 0 Å². The van der Waals surface area contributed by atoms with Crippen molar-refractivity contribution in [2.45, 2.75) is 0 Å². The van der Waals surface area contributed by atoms with E-state index in [4.69, 9.17) is 10.1 Å². The molecule has 1 N–H and O–H groups in total. The molecule has 3 aromatic carbocycles. The predicted octanol–water partition coefficient (Wildman–Crippen LogP) is 5.95. The van der Waals surface area contributed by atoms with Crippen LogP contribution in [0.2, 0.25) is 0 Å². The first-order valence-corrected chi connectivity index (χ1v) is 10.3. The number of para-hydroxylation sites is 2. The zero-order chi connectivity index (χ0) is 20.3. The molecule has 0 radical (unpaired) electrons. The number of nitrogens with one attached hydrogen (secondary N) is 1. The molecule has 0 spiro atoms. The summed E-state index contributed by atoms with van der Waals surface area (Å²) in [6.07, 6.45) is 3.69. The van der Waals surface area contributed by atoms with Gasteiger partial charge in [-0.1, -0.05) is 48.5 Å². The molecule has 5 aromatic rings. The first-order chi connectivity index (χ1) is 14.8. The zero-order valence-electron chi connectivity index (χ0n) is 15.9. The Kier molecular flexibility index (Phi) is 4.83. The molecular formula is C24H17FN4S. The van der Waals surface area contributed by atoms with Crippen molar-refractivity contribution >= 4 is 34.1 Å². The van der Waals surface area contributed by atoms with E-state index in [9.17, 15) is 4.39 Å². The number of rotatable bonds is 4. The predicted molar refractivity (Wildman–Crippen MR) is 121 cm³/mol. The van der Waals surface area contributed by atoms with Crippen LogP contribution in [-0.2, 0) is 0 Å². The lowest BCUT2D eigenvalue weighted by Gasteiger charge is -2.04. The molecule has 2 heterocycles. The SMILES string of the molecule is Fc1ccccc1-c1csc(=Nc2ccccc2)n1N=Cc1c[nH]c2ccccc12. The maximum absolute atomic E-state index is 14.5. The Balaban J connectivity index is 1.67. The van der Waals surface area contributed by atoms with Crippen LogP contribution in [0.3, 0.4) is 0 Å². The molecule has 0 saturated heterocycles. The fourth-order valence-electron chi connectivity index (χ4n) is 3.28. The smallest absolute Gasteiger partial charge is 0.211 e. The molecule has 0 unspecified atom stereocenters. The second-order valence-corrected chi connectivity index (χ2v) is 7.51. The number of aromatic amines is 1. The third kappa shape index (κ3) is 3.49. The Hall–Kier alpha value is -3.77. The van der Waals surface area contributed by atoms with Gasteiger partial charge in [0.15, 0.2) is 0 Å². The van der Waals surface area contributed by atoms with Gasteiger partial charge in [-0.25, -0.2) is 14.1 Å². The number of benzene rings is 3. The van der Waals surface area contributed by atoms with Crippen LogP contribution in [0.25, 0.3) is 22.2 Å². The van der Waals surface area contributed by atoms with E-state index in [2.05, 4.69) is 4.98 Å². The van der Waals surface area contributed by atoms with Crippen molar-refractivity contribution in [1.82, 2.24) is 9.66 Å². The Morgan fingerprint density at radius 2 is 1.67 bits per heavy atom. The standard InChI is InChI=1S/C24H17FN4S/c25-21-12-6-4-11-20(21)23-16-30-24(28-18-8-2-1-3-9-18)29(23)27-15-17-14-26-22-13-7-5-10-19(17)22/h1-16,26H. The number of hydrogen-bond acceptors (Lipinski definition) is 3. The van der Waals surface area contributed by atoms with E-state index in [1.54, 1.807) is 23.0 Å². The quantitative estimate of drug-likeness (QED) is 0.355. The van der Waals surface area contributed by atoms with Gasteiger partial charge in [0.05, 0.1) is 17.6 Å². The number of aromatic nitrogens is 2. The summed E-state index contributed by atoms with van der Waals surface area (Å²) in [5, 5.41) is 7.65. The fourth-order valence-corrected chi connectivity index (χ4v) is 4.12. The summed E-state index contributed by atoms with van der Waals surface area (Å²) in [5.74, 6) is -0.294. The molecule has 4 nitrogen and oxygen atoms in total. The lowest BCUT2D eigenvalue weighted by molar-refractivity contribution is 0.629. The van der Waals surface area contributed by atoms with Crippen LogP contribution in [0.5, 0.6) is 0 Å². The number of nitrogens with zero attached hydrogens (tertiary/aromatic N) is 3. The molecule has 0 aliphatic carbocycles. The second kappa shape index (κ2) is 7.93. The van der Waals surface area contributed by atoms with E-state index in [-0.39, 0.29) is 5.82 Å². The molecule has 2 aromatic heterocycles. The van der Waals surface area contributed by atoms with E-state index in [1.165, 1.54) is 17.4 Å². The number of halogens is 1. The molecule has 30 heavy (non-hydrogen) atoms. The highest BCUT2D eigenvalue weighted by molar-refractivity contribution is 7.07. The van der Waals surface area contributed by atoms with Crippen LogP contribution < -0.4 is 4.80 Å². The maximum atomic E-state index is 14.5. The van der Waals surface area contributed by atoms with Gasteiger partial charge in [-0.15, -0.1) is 11.3 Å². The van der Waals surface area contributed by atoms with Crippen molar-refractivity contribution in [3.63, 3.8) is 0 Å². The van der Waals surface area contributed by atoms with E-state index in [0.717, 1.165) is 22.2 Å². The molecule has 0 fully saturated rings.